The highest BCUT2D eigenvalue weighted by Gasteiger charge is 2.29. The van der Waals surface area contributed by atoms with E-state index < -0.39 is 0 Å². The summed E-state index contributed by atoms with van der Waals surface area (Å²) in [4.78, 5) is 21.7. The number of aryl methyl sites for hydroxylation is 1. The molecule has 2 rings (SSSR count). The minimum atomic E-state index is -0.273. The van der Waals surface area contributed by atoms with E-state index >= 15 is 0 Å². The first kappa shape index (κ1) is 22.5. The van der Waals surface area contributed by atoms with Crippen LogP contribution in [-0.4, -0.2) is 38.1 Å². The van der Waals surface area contributed by atoms with Gasteiger partial charge in [0, 0.05) is 30.6 Å². The van der Waals surface area contributed by atoms with Gasteiger partial charge >= 0.3 is 0 Å². The largest absolute Gasteiger partial charge is 0.395 e. The SMILES string of the molecule is Cn1c(C(C)(C)C)cc2ncc(C(=O)CCC[C@H]([C@@H](N)CO)C(C)(C)C)nc21. The normalized spacial score (nSPS) is 15.0. The van der Waals surface area contributed by atoms with Crippen molar-refractivity contribution in [3.05, 3.63) is 23.7 Å². The minimum Gasteiger partial charge on any atom is -0.395 e. The molecule has 2 heterocycles. The minimum absolute atomic E-state index is 0.00172. The summed E-state index contributed by atoms with van der Waals surface area (Å²) in [6, 6.07) is 1.77. The molecular weight excluding hydrogens is 352 g/mol. The summed E-state index contributed by atoms with van der Waals surface area (Å²) in [5.41, 5.74) is 9.15. The number of nitrogens with zero attached hydrogens (tertiary/aromatic N) is 3. The van der Waals surface area contributed by atoms with Crippen LogP contribution in [0.15, 0.2) is 12.3 Å². The smallest absolute Gasteiger partial charge is 0.182 e. The van der Waals surface area contributed by atoms with Crippen LogP contribution >= 0.6 is 0 Å². The van der Waals surface area contributed by atoms with Gasteiger partial charge in [-0.1, -0.05) is 41.5 Å². The Morgan fingerprint density at radius 3 is 2.43 bits per heavy atom. The van der Waals surface area contributed by atoms with Crippen molar-refractivity contribution in [3.8, 4) is 0 Å². The molecule has 0 aromatic carbocycles. The molecule has 0 spiro atoms. The molecule has 156 valence electrons. The summed E-state index contributed by atoms with van der Waals surface area (Å²) < 4.78 is 2.02. The third-order valence-corrected chi connectivity index (χ3v) is 5.55. The van der Waals surface area contributed by atoms with Crippen LogP contribution in [0, 0.1) is 11.3 Å². The number of carbonyl (C=O) groups excluding carboxylic acids is 1. The fourth-order valence-corrected chi connectivity index (χ4v) is 3.96. The number of hydrogen-bond donors (Lipinski definition) is 2. The number of aliphatic hydroxyl groups excluding tert-OH is 1. The summed E-state index contributed by atoms with van der Waals surface area (Å²) in [6.07, 6.45) is 3.50. The zero-order valence-electron chi connectivity index (χ0n) is 18.4. The molecule has 3 N–H and O–H groups in total. The van der Waals surface area contributed by atoms with Gasteiger partial charge in [-0.3, -0.25) is 9.78 Å². The molecule has 0 unspecified atom stereocenters. The summed E-state index contributed by atoms with van der Waals surface area (Å²) in [6.45, 7) is 12.8. The lowest BCUT2D eigenvalue weighted by molar-refractivity contribution is 0.0957. The molecule has 0 bridgehead atoms. The van der Waals surface area contributed by atoms with Crippen LogP contribution in [-0.2, 0) is 12.5 Å². The molecule has 0 fully saturated rings. The first-order valence-electron chi connectivity index (χ1n) is 10.1. The molecule has 28 heavy (non-hydrogen) atoms. The van der Waals surface area contributed by atoms with Crippen LogP contribution < -0.4 is 5.73 Å². The second kappa shape index (κ2) is 8.29. The number of aromatic nitrogens is 3. The van der Waals surface area contributed by atoms with Crippen LogP contribution in [0.5, 0.6) is 0 Å². The number of aliphatic hydroxyl groups is 1. The molecule has 2 atom stereocenters. The van der Waals surface area contributed by atoms with Crippen molar-refractivity contribution in [1.82, 2.24) is 14.5 Å². The fraction of sp³-hybridized carbons (Fsp3) is 0.682. The second-order valence-electron chi connectivity index (χ2n) is 9.94. The van der Waals surface area contributed by atoms with Crippen molar-refractivity contribution >= 4 is 16.9 Å². The van der Waals surface area contributed by atoms with Crippen molar-refractivity contribution < 1.29 is 9.90 Å². The number of ketones is 1. The van der Waals surface area contributed by atoms with Gasteiger partial charge in [-0.05, 0) is 30.2 Å². The highest BCUT2D eigenvalue weighted by molar-refractivity contribution is 5.95. The van der Waals surface area contributed by atoms with E-state index in [1.807, 2.05) is 17.7 Å². The van der Waals surface area contributed by atoms with Gasteiger partial charge in [0.25, 0.3) is 0 Å². The van der Waals surface area contributed by atoms with E-state index in [1.54, 1.807) is 6.20 Å². The Hall–Kier alpha value is -1.79. The molecule has 0 aliphatic rings. The highest BCUT2D eigenvalue weighted by Crippen LogP contribution is 2.32. The van der Waals surface area contributed by atoms with E-state index in [1.165, 1.54) is 0 Å². The van der Waals surface area contributed by atoms with Gasteiger partial charge in [0.1, 0.15) is 11.2 Å². The lowest BCUT2D eigenvalue weighted by Gasteiger charge is -2.34. The van der Waals surface area contributed by atoms with E-state index in [0.29, 0.717) is 18.5 Å². The third-order valence-electron chi connectivity index (χ3n) is 5.55. The van der Waals surface area contributed by atoms with Gasteiger partial charge in [-0.15, -0.1) is 0 Å². The number of Topliss-reactive ketones (excluding diaryl/α,β-unsaturated/α-hetero) is 1. The maximum Gasteiger partial charge on any atom is 0.182 e. The number of hydrogen-bond acceptors (Lipinski definition) is 5. The van der Waals surface area contributed by atoms with Crippen molar-refractivity contribution in [2.75, 3.05) is 6.61 Å². The summed E-state index contributed by atoms with van der Waals surface area (Å²) in [7, 11) is 1.97. The molecule has 2 aromatic rings. The third kappa shape index (κ3) is 4.97. The van der Waals surface area contributed by atoms with Crippen LogP contribution in [0.3, 0.4) is 0 Å². The van der Waals surface area contributed by atoms with Gasteiger partial charge in [0.05, 0.1) is 12.8 Å². The molecule has 2 aromatic heterocycles. The van der Waals surface area contributed by atoms with E-state index in [2.05, 4.69) is 51.5 Å². The first-order valence-corrected chi connectivity index (χ1v) is 10.1. The molecule has 6 heteroatoms. The molecular formula is C22H36N4O2. The molecule has 0 saturated heterocycles. The Morgan fingerprint density at radius 2 is 1.89 bits per heavy atom. The molecule has 0 saturated carbocycles. The highest BCUT2D eigenvalue weighted by atomic mass is 16.3. The summed E-state index contributed by atoms with van der Waals surface area (Å²) in [5, 5.41) is 9.43. The standard InChI is InChI=1S/C22H36N4O2/c1-21(2,3)14(15(23)13-27)9-8-10-18(28)17-12-24-16-11-19(22(4,5)6)26(7)20(16)25-17/h11-12,14-15,27H,8-10,13,23H2,1-7H3/t14-,15+/m1/s1. The number of rotatable bonds is 7. The number of nitrogens with two attached hydrogens (primary N) is 1. The van der Waals surface area contributed by atoms with Gasteiger partial charge in [0.15, 0.2) is 11.4 Å². The zero-order valence-corrected chi connectivity index (χ0v) is 18.4. The van der Waals surface area contributed by atoms with Crippen LogP contribution in [0.4, 0.5) is 0 Å². The topological polar surface area (TPSA) is 94.0 Å². The Kier molecular flexibility index (Phi) is 6.66. The van der Waals surface area contributed by atoms with Gasteiger partial charge in [-0.2, -0.15) is 0 Å². The maximum absolute atomic E-state index is 12.7. The molecule has 0 amide bonds. The quantitative estimate of drug-likeness (QED) is 0.707. The number of carbonyl (C=O) groups is 1. The van der Waals surface area contributed by atoms with E-state index in [9.17, 15) is 9.90 Å². The first-order chi connectivity index (χ1) is 12.9. The predicted octanol–water partition coefficient (Wildman–Crippen LogP) is 3.60. The lowest BCUT2D eigenvalue weighted by atomic mass is 9.74. The van der Waals surface area contributed by atoms with Crippen molar-refractivity contribution in [2.24, 2.45) is 24.1 Å². The van der Waals surface area contributed by atoms with E-state index in [4.69, 9.17) is 5.73 Å². The molecule has 0 aliphatic carbocycles. The average Bonchev–Trinajstić information content (AvgIpc) is 2.93. The second-order valence-corrected chi connectivity index (χ2v) is 9.94. The summed E-state index contributed by atoms with van der Waals surface area (Å²) in [5.74, 6) is 0.152. The lowest BCUT2D eigenvalue weighted by Crippen LogP contribution is -2.41. The maximum atomic E-state index is 12.7. The van der Waals surface area contributed by atoms with Crippen molar-refractivity contribution in [3.63, 3.8) is 0 Å². The predicted molar refractivity (Wildman–Crippen MR) is 113 cm³/mol. The molecule has 0 radical (unpaired) electrons. The monoisotopic (exact) mass is 388 g/mol. The summed E-state index contributed by atoms with van der Waals surface area (Å²) >= 11 is 0. The Bertz CT molecular complexity index is 827. The number of fused-ring (bicyclic) bond motifs is 1. The van der Waals surface area contributed by atoms with Crippen molar-refractivity contribution in [1.29, 1.82) is 0 Å². The Balaban J connectivity index is 2.12. The van der Waals surface area contributed by atoms with Crippen LogP contribution in [0.25, 0.3) is 11.2 Å². The molecule has 0 aliphatic heterocycles. The Morgan fingerprint density at radius 1 is 1.25 bits per heavy atom. The van der Waals surface area contributed by atoms with Gasteiger partial charge < -0.3 is 15.4 Å². The van der Waals surface area contributed by atoms with E-state index in [-0.39, 0.29) is 35.2 Å². The fourth-order valence-electron chi connectivity index (χ4n) is 3.96. The van der Waals surface area contributed by atoms with Crippen LogP contribution in [0.1, 0.15) is 77.0 Å². The molecule has 6 nitrogen and oxygen atoms in total. The van der Waals surface area contributed by atoms with Crippen molar-refractivity contribution in [2.45, 2.75) is 72.3 Å². The zero-order chi connectivity index (χ0) is 21.3. The average molecular weight is 389 g/mol. The van der Waals surface area contributed by atoms with Gasteiger partial charge in [0.2, 0.25) is 0 Å². The Labute approximate surface area is 168 Å². The van der Waals surface area contributed by atoms with Gasteiger partial charge in [-0.25, -0.2) is 4.98 Å². The van der Waals surface area contributed by atoms with E-state index in [0.717, 1.165) is 23.3 Å². The van der Waals surface area contributed by atoms with Crippen LogP contribution in [0.2, 0.25) is 0 Å².